The molecule has 1 amide bonds. The molecule has 0 aromatic rings. The van der Waals surface area contributed by atoms with Crippen LogP contribution in [0.5, 0.6) is 0 Å². The molecular weight excluding hydrogens is 297 g/mol. The number of rotatable bonds is 8. The van der Waals surface area contributed by atoms with E-state index in [1.165, 1.54) is 0 Å². The Hall–Kier alpha value is -0.0300. The van der Waals surface area contributed by atoms with E-state index in [2.05, 4.69) is 36.3 Å². The van der Waals surface area contributed by atoms with E-state index in [4.69, 9.17) is 0 Å². The molecular formula is C14H31Cl2N3O. The number of halogens is 2. The highest BCUT2D eigenvalue weighted by Gasteiger charge is 2.22. The van der Waals surface area contributed by atoms with Crippen LogP contribution in [0, 0.1) is 0 Å². The van der Waals surface area contributed by atoms with Crippen molar-refractivity contribution in [1.82, 2.24) is 15.5 Å². The lowest BCUT2D eigenvalue weighted by molar-refractivity contribution is -0.123. The summed E-state index contributed by atoms with van der Waals surface area (Å²) >= 11 is 0. The zero-order chi connectivity index (χ0) is 13.4. The zero-order valence-corrected chi connectivity index (χ0v) is 14.6. The van der Waals surface area contributed by atoms with Gasteiger partial charge in [-0.2, -0.15) is 0 Å². The third-order valence-electron chi connectivity index (χ3n) is 3.77. The molecule has 1 heterocycles. The van der Waals surface area contributed by atoms with Gasteiger partial charge in [0.05, 0.1) is 6.04 Å². The van der Waals surface area contributed by atoms with Crippen molar-refractivity contribution in [3.8, 4) is 0 Å². The Bertz CT molecular complexity index is 245. The topological polar surface area (TPSA) is 44.4 Å². The molecule has 0 aliphatic carbocycles. The largest absolute Gasteiger partial charge is 0.352 e. The predicted octanol–water partition coefficient (Wildman–Crippen LogP) is 2.21. The van der Waals surface area contributed by atoms with E-state index in [-0.39, 0.29) is 42.8 Å². The van der Waals surface area contributed by atoms with Gasteiger partial charge in [0.25, 0.3) is 0 Å². The first kappa shape index (κ1) is 22.3. The molecule has 122 valence electrons. The summed E-state index contributed by atoms with van der Waals surface area (Å²) < 4.78 is 0. The standard InChI is InChI=1S/C14H29N3O.2ClH/c1-4-17(5-2)11-7-8-12(3)16-14(18)13-9-6-10-15-13;;/h12-13,15H,4-11H2,1-3H3,(H,16,18);2*1H. The van der Waals surface area contributed by atoms with Gasteiger partial charge in [-0.25, -0.2) is 0 Å². The van der Waals surface area contributed by atoms with Crippen LogP contribution in [-0.4, -0.2) is 49.1 Å². The van der Waals surface area contributed by atoms with Gasteiger partial charge in [-0.3, -0.25) is 4.79 Å². The molecule has 20 heavy (non-hydrogen) atoms. The van der Waals surface area contributed by atoms with Crippen LogP contribution < -0.4 is 10.6 Å². The third kappa shape index (κ3) is 8.30. The van der Waals surface area contributed by atoms with E-state index in [0.717, 1.165) is 51.9 Å². The number of nitrogens with one attached hydrogen (secondary N) is 2. The molecule has 1 aliphatic rings. The van der Waals surface area contributed by atoms with E-state index in [0.29, 0.717) is 0 Å². The summed E-state index contributed by atoms with van der Waals surface area (Å²) in [6.45, 7) is 10.8. The fourth-order valence-corrected chi connectivity index (χ4v) is 2.48. The number of nitrogens with zero attached hydrogens (tertiary/aromatic N) is 1. The quantitative estimate of drug-likeness (QED) is 0.718. The lowest BCUT2D eigenvalue weighted by atomic mass is 10.1. The summed E-state index contributed by atoms with van der Waals surface area (Å²) in [5.74, 6) is 0.183. The zero-order valence-electron chi connectivity index (χ0n) is 13.0. The molecule has 6 heteroatoms. The van der Waals surface area contributed by atoms with E-state index in [1.807, 2.05) is 0 Å². The molecule has 4 nitrogen and oxygen atoms in total. The fourth-order valence-electron chi connectivity index (χ4n) is 2.48. The highest BCUT2D eigenvalue weighted by atomic mass is 35.5. The molecule has 1 rings (SSSR count). The molecule has 1 aliphatic heterocycles. The van der Waals surface area contributed by atoms with Crippen molar-refractivity contribution in [3.63, 3.8) is 0 Å². The summed E-state index contributed by atoms with van der Waals surface area (Å²) in [7, 11) is 0. The molecule has 0 aromatic heterocycles. The first-order valence-corrected chi connectivity index (χ1v) is 7.43. The summed E-state index contributed by atoms with van der Waals surface area (Å²) in [4.78, 5) is 14.3. The van der Waals surface area contributed by atoms with Crippen LogP contribution in [0.25, 0.3) is 0 Å². The van der Waals surface area contributed by atoms with Crippen LogP contribution in [0.2, 0.25) is 0 Å². The lowest BCUT2D eigenvalue weighted by Gasteiger charge is -2.20. The number of hydrogen-bond donors (Lipinski definition) is 2. The Balaban J connectivity index is 0. The molecule has 1 saturated heterocycles. The number of amides is 1. The van der Waals surface area contributed by atoms with Crippen molar-refractivity contribution in [2.75, 3.05) is 26.2 Å². The summed E-state index contributed by atoms with van der Waals surface area (Å²) in [5, 5.41) is 6.35. The smallest absolute Gasteiger partial charge is 0.237 e. The Morgan fingerprint density at radius 1 is 1.35 bits per heavy atom. The highest BCUT2D eigenvalue weighted by Crippen LogP contribution is 2.06. The van der Waals surface area contributed by atoms with E-state index >= 15 is 0 Å². The predicted molar refractivity (Wildman–Crippen MR) is 90.1 cm³/mol. The van der Waals surface area contributed by atoms with Gasteiger partial charge in [0.1, 0.15) is 0 Å². The monoisotopic (exact) mass is 327 g/mol. The van der Waals surface area contributed by atoms with Crippen molar-refractivity contribution in [1.29, 1.82) is 0 Å². The van der Waals surface area contributed by atoms with Crippen LogP contribution in [0.15, 0.2) is 0 Å². The lowest BCUT2D eigenvalue weighted by Crippen LogP contribution is -2.44. The number of carbonyl (C=O) groups excluding carboxylic acids is 1. The summed E-state index contributed by atoms with van der Waals surface area (Å²) in [6.07, 6.45) is 4.32. The maximum absolute atomic E-state index is 11.9. The number of carbonyl (C=O) groups is 1. The average molecular weight is 328 g/mol. The van der Waals surface area contributed by atoms with Gasteiger partial charge in [-0.05, 0) is 58.8 Å². The van der Waals surface area contributed by atoms with Crippen molar-refractivity contribution >= 4 is 30.7 Å². The molecule has 2 atom stereocenters. The van der Waals surface area contributed by atoms with Crippen LogP contribution >= 0.6 is 24.8 Å². The van der Waals surface area contributed by atoms with E-state index in [9.17, 15) is 4.79 Å². The Kier molecular flexibility index (Phi) is 14.1. The Morgan fingerprint density at radius 2 is 2.00 bits per heavy atom. The van der Waals surface area contributed by atoms with Gasteiger partial charge in [-0.1, -0.05) is 13.8 Å². The molecule has 0 spiro atoms. The normalized spacial score (nSPS) is 19.1. The van der Waals surface area contributed by atoms with Crippen LogP contribution in [0.4, 0.5) is 0 Å². The maximum Gasteiger partial charge on any atom is 0.237 e. The maximum atomic E-state index is 11.9. The summed E-state index contributed by atoms with van der Waals surface area (Å²) in [5.41, 5.74) is 0. The summed E-state index contributed by atoms with van der Waals surface area (Å²) in [6, 6.07) is 0.339. The minimum absolute atomic E-state index is 0. The molecule has 0 aromatic carbocycles. The molecule has 0 saturated carbocycles. The Labute approximate surface area is 136 Å². The highest BCUT2D eigenvalue weighted by molar-refractivity contribution is 5.85. The molecule has 2 unspecified atom stereocenters. The first-order chi connectivity index (χ1) is 8.67. The fraction of sp³-hybridized carbons (Fsp3) is 0.929. The van der Waals surface area contributed by atoms with Gasteiger partial charge in [0.2, 0.25) is 5.91 Å². The second-order valence-electron chi connectivity index (χ2n) is 5.23. The van der Waals surface area contributed by atoms with Gasteiger partial charge >= 0.3 is 0 Å². The van der Waals surface area contributed by atoms with Crippen LogP contribution in [0.3, 0.4) is 0 Å². The molecule has 1 fully saturated rings. The van der Waals surface area contributed by atoms with Gasteiger partial charge < -0.3 is 15.5 Å². The SMILES string of the molecule is CCN(CC)CCCC(C)NC(=O)C1CCCN1.Cl.Cl. The van der Waals surface area contributed by atoms with E-state index in [1.54, 1.807) is 0 Å². The van der Waals surface area contributed by atoms with E-state index < -0.39 is 0 Å². The second-order valence-corrected chi connectivity index (χ2v) is 5.23. The molecule has 0 radical (unpaired) electrons. The minimum Gasteiger partial charge on any atom is -0.352 e. The van der Waals surface area contributed by atoms with Crippen molar-refractivity contribution in [2.45, 2.75) is 58.5 Å². The van der Waals surface area contributed by atoms with Crippen molar-refractivity contribution in [3.05, 3.63) is 0 Å². The van der Waals surface area contributed by atoms with Gasteiger partial charge in [-0.15, -0.1) is 24.8 Å². The van der Waals surface area contributed by atoms with Crippen molar-refractivity contribution < 1.29 is 4.79 Å². The van der Waals surface area contributed by atoms with Gasteiger partial charge in [0, 0.05) is 6.04 Å². The van der Waals surface area contributed by atoms with Crippen LogP contribution in [-0.2, 0) is 4.79 Å². The number of hydrogen-bond acceptors (Lipinski definition) is 3. The first-order valence-electron chi connectivity index (χ1n) is 7.43. The molecule has 2 N–H and O–H groups in total. The average Bonchev–Trinajstić information content (AvgIpc) is 2.88. The Morgan fingerprint density at radius 3 is 2.50 bits per heavy atom. The molecule has 0 bridgehead atoms. The minimum atomic E-state index is 0. The second kappa shape index (κ2) is 12.7. The van der Waals surface area contributed by atoms with Crippen LogP contribution in [0.1, 0.15) is 46.5 Å². The van der Waals surface area contributed by atoms with Crippen molar-refractivity contribution in [2.24, 2.45) is 0 Å². The van der Waals surface area contributed by atoms with Gasteiger partial charge in [0.15, 0.2) is 0 Å². The third-order valence-corrected chi connectivity index (χ3v) is 3.77.